The maximum Gasteiger partial charge on any atom is 0.309 e. The molecule has 0 aliphatic carbocycles. The van der Waals surface area contributed by atoms with E-state index in [2.05, 4.69) is 17.6 Å². The van der Waals surface area contributed by atoms with Gasteiger partial charge in [0, 0.05) is 5.75 Å². The number of anilines is 1. The van der Waals surface area contributed by atoms with Gasteiger partial charge in [-0.3, -0.25) is 4.79 Å². The molecule has 0 saturated heterocycles. The van der Waals surface area contributed by atoms with Gasteiger partial charge in [-0.2, -0.15) is 17.6 Å². The van der Waals surface area contributed by atoms with Crippen molar-refractivity contribution in [2.24, 2.45) is 0 Å². The summed E-state index contributed by atoms with van der Waals surface area (Å²) < 4.78 is 28.6. The molecule has 1 aromatic heterocycles. The second-order valence-corrected chi connectivity index (χ2v) is 7.25. The number of oxazole rings is 1. The molecule has 144 valence electrons. The van der Waals surface area contributed by atoms with Gasteiger partial charge in [-0.05, 0) is 0 Å². The third-order valence-corrected chi connectivity index (χ3v) is 3.89. The van der Waals surface area contributed by atoms with Crippen molar-refractivity contribution in [3.63, 3.8) is 0 Å². The number of rotatable bonds is 9. The van der Waals surface area contributed by atoms with E-state index in [1.165, 1.54) is 0 Å². The zero-order valence-corrected chi connectivity index (χ0v) is 14.6. The van der Waals surface area contributed by atoms with Crippen LogP contribution in [0.5, 0.6) is 0 Å². The minimum absolute atomic E-state index is 0.266. The van der Waals surface area contributed by atoms with Crippen LogP contribution in [0.3, 0.4) is 0 Å². The van der Waals surface area contributed by atoms with Gasteiger partial charge in [-0.15, -0.1) is 0 Å². The van der Waals surface area contributed by atoms with Gasteiger partial charge in [0.25, 0.3) is 5.91 Å². The van der Waals surface area contributed by atoms with E-state index in [4.69, 9.17) is 4.42 Å². The number of aliphatic hydroxyl groups excluding tert-OH is 4. The number of aliphatic hydroxyl groups is 5. The quantitative estimate of drug-likeness (QED) is 0.151. The van der Waals surface area contributed by atoms with Crippen molar-refractivity contribution in [2.45, 2.75) is 24.0 Å². The lowest BCUT2D eigenvalue weighted by Crippen LogP contribution is -2.64. The predicted octanol–water partition coefficient (Wildman–Crippen LogP) is -3.53. The van der Waals surface area contributed by atoms with Crippen LogP contribution in [-0.2, 0) is 10.0 Å². The van der Waals surface area contributed by atoms with Crippen molar-refractivity contribution >= 4 is 34.6 Å². The summed E-state index contributed by atoms with van der Waals surface area (Å²) in [5, 5.41) is 50.2. The Morgan fingerprint density at radius 3 is 2.52 bits per heavy atom. The summed E-state index contributed by atoms with van der Waals surface area (Å²) in [5.41, 5.74) is -3.22. The van der Waals surface area contributed by atoms with E-state index >= 15 is 0 Å². The number of carbonyl (C=O) groups is 1. The minimum atomic E-state index is -3.70. The van der Waals surface area contributed by atoms with Gasteiger partial charge in [0.05, 0.1) is 19.0 Å². The average Bonchev–Trinajstić information content (AvgIpc) is 2.98. The van der Waals surface area contributed by atoms with Gasteiger partial charge >= 0.3 is 6.01 Å². The van der Waals surface area contributed by atoms with Crippen LogP contribution in [0.2, 0.25) is 0 Å². The second-order valence-electron chi connectivity index (χ2n) is 5.13. The smallest absolute Gasteiger partial charge is 0.309 e. The number of aromatic nitrogens is 1. The van der Waals surface area contributed by atoms with E-state index < -0.39 is 58.3 Å². The standard InChI is InChI=1S/C11H19N3O9S2/c1-25(21,22)14-10-12-5(2-23-10)9(19)13-11(20,4-15)8(18)7(17)6(16)3-24/h2,6-8,15-18,20,24H,3-4H2,1H3,(H,12,14)(H,13,19). The molecule has 0 bridgehead atoms. The van der Waals surface area contributed by atoms with Gasteiger partial charge in [0.2, 0.25) is 10.0 Å². The van der Waals surface area contributed by atoms with Gasteiger partial charge in [-0.1, -0.05) is 0 Å². The Morgan fingerprint density at radius 2 is 2.04 bits per heavy atom. The lowest BCUT2D eigenvalue weighted by atomic mass is 9.98. The number of hydrogen-bond donors (Lipinski definition) is 8. The fraction of sp³-hybridized carbons (Fsp3) is 0.636. The number of nitrogens with zero attached hydrogens (tertiary/aromatic N) is 1. The van der Waals surface area contributed by atoms with Crippen molar-refractivity contribution in [2.75, 3.05) is 23.3 Å². The molecule has 0 spiro atoms. The first-order valence-electron chi connectivity index (χ1n) is 6.67. The van der Waals surface area contributed by atoms with Crippen LogP contribution in [0.15, 0.2) is 10.7 Å². The normalized spacial score (nSPS) is 18.0. The fourth-order valence-corrected chi connectivity index (χ4v) is 2.28. The molecule has 1 rings (SSSR count). The van der Waals surface area contributed by atoms with Crippen molar-refractivity contribution in [1.29, 1.82) is 0 Å². The third kappa shape index (κ3) is 5.81. The maximum atomic E-state index is 12.0. The van der Waals surface area contributed by atoms with E-state index in [1.807, 2.05) is 10.0 Å². The highest BCUT2D eigenvalue weighted by atomic mass is 32.2. The lowest BCUT2D eigenvalue weighted by Gasteiger charge is -2.35. The predicted molar refractivity (Wildman–Crippen MR) is 86.3 cm³/mol. The summed E-state index contributed by atoms with van der Waals surface area (Å²) in [6, 6.07) is -0.522. The second kappa shape index (κ2) is 8.31. The van der Waals surface area contributed by atoms with E-state index in [0.29, 0.717) is 0 Å². The fourth-order valence-electron chi connectivity index (χ4n) is 1.65. The molecular weight excluding hydrogens is 382 g/mol. The van der Waals surface area contributed by atoms with E-state index in [-0.39, 0.29) is 5.75 Å². The highest BCUT2D eigenvalue weighted by Gasteiger charge is 2.43. The summed E-state index contributed by atoms with van der Waals surface area (Å²) >= 11 is 3.71. The van der Waals surface area contributed by atoms with E-state index in [1.54, 1.807) is 0 Å². The SMILES string of the molecule is CS(=O)(=O)Nc1nc(C(=O)NC(O)(CO)C(O)C(O)C(O)CS)co1. The zero-order valence-electron chi connectivity index (χ0n) is 12.9. The first kappa shape index (κ1) is 21.6. The van der Waals surface area contributed by atoms with Crippen LogP contribution in [0, 0.1) is 0 Å². The minimum Gasteiger partial charge on any atom is -0.431 e. The summed E-state index contributed by atoms with van der Waals surface area (Å²) in [5.74, 6) is -1.43. The topological polar surface area (TPSA) is 202 Å². The number of sulfonamides is 1. The molecule has 7 N–H and O–H groups in total. The molecule has 4 unspecified atom stereocenters. The van der Waals surface area contributed by atoms with Crippen molar-refractivity contribution in [1.82, 2.24) is 10.3 Å². The maximum absolute atomic E-state index is 12.0. The Hall–Kier alpha value is -1.42. The van der Waals surface area contributed by atoms with Gasteiger partial charge in [0.15, 0.2) is 11.4 Å². The molecule has 12 nitrogen and oxygen atoms in total. The number of carbonyl (C=O) groups excluding carboxylic acids is 1. The highest BCUT2D eigenvalue weighted by Crippen LogP contribution is 2.16. The summed E-state index contributed by atoms with van der Waals surface area (Å²) in [7, 11) is -3.70. The first-order chi connectivity index (χ1) is 11.4. The molecular formula is C11H19N3O9S2. The molecule has 25 heavy (non-hydrogen) atoms. The van der Waals surface area contributed by atoms with Crippen LogP contribution in [0.4, 0.5) is 6.01 Å². The molecule has 0 fully saturated rings. The third-order valence-electron chi connectivity index (χ3n) is 2.97. The van der Waals surface area contributed by atoms with Crippen LogP contribution in [-0.4, -0.2) is 87.5 Å². The Bertz CT molecular complexity index is 695. The molecule has 0 radical (unpaired) electrons. The van der Waals surface area contributed by atoms with E-state index in [9.17, 15) is 38.7 Å². The number of nitrogens with one attached hydrogen (secondary N) is 2. The number of amides is 1. The monoisotopic (exact) mass is 401 g/mol. The summed E-state index contributed by atoms with van der Waals surface area (Å²) in [6.07, 6.45) is -4.08. The van der Waals surface area contributed by atoms with Gasteiger partial charge < -0.3 is 35.3 Å². The number of hydrogen-bond acceptors (Lipinski definition) is 11. The Kier molecular flexibility index (Phi) is 7.18. The molecule has 4 atom stereocenters. The molecule has 0 saturated carbocycles. The van der Waals surface area contributed by atoms with Gasteiger partial charge in [0.1, 0.15) is 18.5 Å². The molecule has 14 heteroatoms. The van der Waals surface area contributed by atoms with Crippen molar-refractivity contribution in [3.05, 3.63) is 12.0 Å². The van der Waals surface area contributed by atoms with Crippen molar-refractivity contribution in [3.8, 4) is 0 Å². The van der Waals surface area contributed by atoms with Crippen molar-refractivity contribution < 1.29 is 43.2 Å². The molecule has 0 aliphatic rings. The molecule has 1 heterocycles. The first-order valence-corrected chi connectivity index (χ1v) is 9.20. The zero-order chi connectivity index (χ0) is 19.4. The Labute approximate surface area is 148 Å². The molecule has 1 amide bonds. The van der Waals surface area contributed by atoms with Gasteiger partial charge in [-0.25, -0.2) is 13.1 Å². The van der Waals surface area contributed by atoms with Crippen LogP contribution in [0.1, 0.15) is 10.5 Å². The van der Waals surface area contributed by atoms with Crippen LogP contribution < -0.4 is 10.0 Å². The molecule has 0 aliphatic heterocycles. The average molecular weight is 401 g/mol. The Balaban J connectivity index is 2.91. The highest BCUT2D eigenvalue weighted by molar-refractivity contribution is 7.91. The summed E-state index contributed by atoms with van der Waals surface area (Å²) in [6.45, 7) is -1.22. The van der Waals surface area contributed by atoms with Crippen LogP contribution >= 0.6 is 12.6 Å². The summed E-state index contributed by atoms with van der Waals surface area (Å²) in [4.78, 5) is 15.5. The molecule has 0 aromatic carbocycles. The molecule has 1 aromatic rings. The number of thiol groups is 1. The Morgan fingerprint density at radius 1 is 1.44 bits per heavy atom. The lowest BCUT2D eigenvalue weighted by molar-refractivity contribution is -0.174. The largest absolute Gasteiger partial charge is 0.431 e. The van der Waals surface area contributed by atoms with E-state index in [0.717, 1.165) is 12.5 Å². The van der Waals surface area contributed by atoms with Crippen LogP contribution in [0.25, 0.3) is 0 Å².